The van der Waals surface area contributed by atoms with Crippen LogP contribution in [0.25, 0.3) is 0 Å². The van der Waals surface area contributed by atoms with Gasteiger partial charge in [0.2, 0.25) is 0 Å². The fraction of sp³-hybridized carbons (Fsp3) is 0.608. The molecule has 0 bridgehead atoms. The van der Waals surface area contributed by atoms with E-state index in [1.165, 1.54) is 96.3 Å². The van der Waals surface area contributed by atoms with Crippen molar-refractivity contribution in [2.45, 2.75) is 277 Å². The second-order valence-corrected chi connectivity index (χ2v) is 20.9. The van der Waals surface area contributed by atoms with E-state index in [4.69, 9.17) is 14.2 Å². The van der Waals surface area contributed by atoms with E-state index in [2.05, 4.69) is 167 Å². The summed E-state index contributed by atoms with van der Waals surface area (Å²) >= 11 is 0. The van der Waals surface area contributed by atoms with Gasteiger partial charge in [-0.15, -0.1) is 0 Å². The van der Waals surface area contributed by atoms with Crippen molar-refractivity contribution in [1.82, 2.24) is 0 Å². The van der Waals surface area contributed by atoms with Crippen molar-refractivity contribution in [3.8, 4) is 0 Å². The van der Waals surface area contributed by atoms with Gasteiger partial charge in [0.15, 0.2) is 6.10 Å². The van der Waals surface area contributed by atoms with Crippen molar-refractivity contribution < 1.29 is 28.6 Å². The van der Waals surface area contributed by atoms with Gasteiger partial charge in [0, 0.05) is 12.8 Å². The number of carbonyl (C=O) groups is 3. The topological polar surface area (TPSA) is 78.9 Å². The Bertz CT molecular complexity index is 1790. The number of hydrogen-bond donors (Lipinski definition) is 0. The lowest BCUT2D eigenvalue weighted by Gasteiger charge is -2.18. The van der Waals surface area contributed by atoms with Crippen molar-refractivity contribution >= 4 is 17.9 Å². The lowest BCUT2D eigenvalue weighted by molar-refractivity contribution is -0.166. The predicted molar refractivity (Wildman–Crippen MR) is 348 cm³/mol. The van der Waals surface area contributed by atoms with Gasteiger partial charge in [0.05, 0.1) is 6.42 Å². The number of unbranched alkanes of at least 4 members (excludes halogenated alkanes) is 21. The lowest BCUT2D eigenvalue weighted by atomic mass is 10.0. The van der Waals surface area contributed by atoms with E-state index in [9.17, 15) is 14.4 Å². The Morgan fingerprint density at radius 1 is 0.275 bits per heavy atom. The van der Waals surface area contributed by atoms with Gasteiger partial charge in [-0.2, -0.15) is 0 Å². The SMILES string of the molecule is CC/C=C\C/C=C\C/C=C\C/C=C\C/C=C\C/C=C\CCCCCCCCCCCCCCC(=O)OCC(COC(=O)C/C=C\C/C=C\C/C=C\C/C=C\C/C=C\CC)OC(=O)CCCCCCC/C=C\C/C=C\CCCCCC. The average molecular weight is 1100 g/mol. The van der Waals surface area contributed by atoms with E-state index in [1.807, 2.05) is 6.08 Å². The Balaban J connectivity index is 4.36. The summed E-state index contributed by atoms with van der Waals surface area (Å²) in [5, 5.41) is 0. The Labute approximate surface area is 492 Å². The maximum atomic E-state index is 12.9. The second kappa shape index (κ2) is 66.5. The first-order chi connectivity index (χ1) is 39.5. The zero-order valence-electron chi connectivity index (χ0n) is 51.5. The Morgan fingerprint density at radius 2 is 0.537 bits per heavy atom. The summed E-state index contributed by atoms with van der Waals surface area (Å²) in [5.41, 5.74) is 0. The third-order valence-electron chi connectivity index (χ3n) is 13.3. The molecule has 1 unspecified atom stereocenters. The molecule has 0 fully saturated rings. The van der Waals surface area contributed by atoms with Crippen molar-refractivity contribution in [3.63, 3.8) is 0 Å². The van der Waals surface area contributed by atoms with Gasteiger partial charge >= 0.3 is 17.9 Å². The van der Waals surface area contributed by atoms with Crippen LogP contribution in [0.3, 0.4) is 0 Å². The summed E-state index contributed by atoms with van der Waals surface area (Å²) in [6.45, 7) is 6.29. The quantitative estimate of drug-likeness (QED) is 0.0261. The number of hydrogen-bond acceptors (Lipinski definition) is 6. The number of esters is 3. The molecule has 0 spiro atoms. The van der Waals surface area contributed by atoms with Crippen LogP contribution in [0.5, 0.6) is 0 Å². The van der Waals surface area contributed by atoms with E-state index >= 15 is 0 Å². The molecule has 0 aliphatic rings. The minimum atomic E-state index is -0.834. The van der Waals surface area contributed by atoms with Gasteiger partial charge in [0.25, 0.3) is 0 Å². The molecule has 0 amide bonds. The van der Waals surface area contributed by atoms with Crippen LogP contribution in [0.1, 0.15) is 271 Å². The standard InChI is InChI=1S/C74H118O6/c1-4-7-10-13-16-19-22-25-28-30-31-32-33-34-35-36-37-38-39-40-41-42-43-44-47-49-52-55-58-61-64-67-73(76)79-70-71(69-78-72(75)66-63-60-57-54-51-48-45-27-24-21-18-15-12-9-6-3)80-74(77)68-65-62-59-56-53-50-46-29-26-23-20-17-14-11-8-5-2/h7,9-10,12,16,18-21,23,25,27-29,31-32,34-35,37-38,45-46,51,54,60,63,71H,4-6,8,11,13-15,17,22,24,26,30,33,36,39-44,47-50,52-53,55-59,61-62,64-70H2,1-3H3/b10-7-,12-9-,19-16-,21-18-,23-20-,28-25-,32-31-,35-34-,38-37-,45-27-,46-29-,54-51-,63-60-. The molecule has 0 aliphatic carbocycles. The molecule has 0 N–H and O–H groups in total. The number of ether oxygens (including phenoxy) is 3. The molecule has 80 heavy (non-hydrogen) atoms. The van der Waals surface area contributed by atoms with Crippen molar-refractivity contribution in [2.24, 2.45) is 0 Å². The van der Waals surface area contributed by atoms with Crippen LogP contribution in [0.4, 0.5) is 0 Å². The van der Waals surface area contributed by atoms with Crippen LogP contribution in [0.2, 0.25) is 0 Å². The summed E-state index contributed by atoms with van der Waals surface area (Å²) < 4.78 is 16.8. The number of allylic oxidation sites excluding steroid dienone is 25. The summed E-state index contributed by atoms with van der Waals surface area (Å²) in [4.78, 5) is 38.2. The highest BCUT2D eigenvalue weighted by Gasteiger charge is 2.19. The van der Waals surface area contributed by atoms with Gasteiger partial charge in [-0.3, -0.25) is 14.4 Å². The smallest absolute Gasteiger partial charge is 0.309 e. The zero-order chi connectivity index (χ0) is 57.8. The minimum absolute atomic E-state index is 0.118. The third-order valence-corrected chi connectivity index (χ3v) is 13.3. The minimum Gasteiger partial charge on any atom is -0.462 e. The van der Waals surface area contributed by atoms with Gasteiger partial charge in [-0.1, -0.05) is 281 Å². The molecule has 0 rings (SSSR count). The molecule has 0 heterocycles. The van der Waals surface area contributed by atoms with Gasteiger partial charge in [-0.25, -0.2) is 0 Å². The molecule has 0 aliphatic heterocycles. The maximum Gasteiger partial charge on any atom is 0.309 e. The average Bonchev–Trinajstić information content (AvgIpc) is 3.46. The van der Waals surface area contributed by atoms with E-state index in [1.54, 1.807) is 6.08 Å². The van der Waals surface area contributed by atoms with Crippen molar-refractivity contribution in [2.75, 3.05) is 13.2 Å². The van der Waals surface area contributed by atoms with Crippen molar-refractivity contribution in [3.05, 3.63) is 158 Å². The van der Waals surface area contributed by atoms with Crippen LogP contribution >= 0.6 is 0 Å². The molecule has 0 aromatic carbocycles. The van der Waals surface area contributed by atoms with Crippen LogP contribution < -0.4 is 0 Å². The monoisotopic (exact) mass is 1100 g/mol. The molecule has 6 nitrogen and oxygen atoms in total. The van der Waals surface area contributed by atoms with E-state index in [-0.39, 0.29) is 38.0 Å². The fourth-order valence-corrected chi connectivity index (χ4v) is 8.49. The highest BCUT2D eigenvalue weighted by atomic mass is 16.6. The van der Waals surface area contributed by atoms with Crippen molar-refractivity contribution in [1.29, 1.82) is 0 Å². The Morgan fingerprint density at radius 3 is 0.875 bits per heavy atom. The summed E-state index contributed by atoms with van der Waals surface area (Å²) in [7, 11) is 0. The first-order valence-corrected chi connectivity index (χ1v) is 32.5. The highest BCUT2D eigenvalue weighted by molar-refractivity contribution is 5.72. The molecule has 1 atom stereocenters. The van der Waals surface area contributed by atoms with Gasteiger partial charge in [0.1, 0.15) is 13.2 Å². The summed E-state index contributed by atoms with van der Waals surface area (Å²) in [6, 6.07) is 0. The van der Waals surface area contributed by atoms with E-state index in [0.29, 0.717) is 6.42 Å². The third kappa shape index (κ3) is 63.9. The Kier molecular flexibility index (Phi) is 62.4. The summed E-state index contributed by atoms with van der Waals surface area (Å²) in [6.07, 6.45) is 97.1. The molecule has 0 saturated carbocycles. The van der Waals surface area contributed by atoms with Gasteiger partial charge in [-0.05, 0) is 128 Å². The lowest BCUT2D eigenvalue weighted by Crippen LogP contribution is -2.30. The van der Waals surface area contributed by atoms with Crippen LogP contribution in [-0.2, 0) is 28.6 Å². The number of rotatable bonds is 57. The highest BCUT2D eigenvalue weighted by Crippen LogP contribution is 2.15. The second-order valence-electron chi connectivity index (χ2n) is 20.9. The molecule has 0 radical (unpaired) electrons. The van der Waals surface area contributed by atoms with Gasteiger partial charge < -0.3 is 14.2 Å². The Hall–Kier alpha value is -4.97. The maximum absolute atomic E-state index is 12.9. The van der Waals surface area contributed by atoms with E-state index in [0.717, 1.165) is 135 Å². The molecule has 0 aromatic rings. The van der Waals surface area contributed by atoms with E-state index < -0.39 is 12.1 Å². The fourth-order valence-electron chi connectivity index (χ4n) is 8.49. The molecule has 450 valence electrons. The molecule has 6 heteroatoms. The zero-order valence-corrected chi connectivity index (χ0v) is 51.5. The van der Waals surface area contributed by atoms with Crippen LogP contribution in [0.15, 0.2) is 158 Å². The molecular formula is C74H118O6. The largest absolute Gasteiger partial charge is 0.462 e. The summed E-state index contributed by atoms with van der Waals surface area (Å²) in [5.74, 6) is -1.07. The van der Waals surface area contributed by atoms with Crippen LogP contribution in [-0.4, -0.2) is 37.2 Å². The van der Waals surface area contributed by atoms with Crippen LogP contribution in [0, 0.1) is 0 Å². The predicted octanol–water partition coefficient (Wildman–Crippen LogP) is 22.5. The normalized spacial score (nSPS) is 13.2. The number of carbonyl (C=O) groups excluding carboxylic acids is 3. The molecule has 0 aromatic heterocycles. The molecule has 0 saturated heterocycles. The molecular weight excluding hydrogens is 985 g/mol. The first kappa shape index (κ1) is 75.0. The first-order valence-electron chi connectivity index (χ1n) is 32.5.